The number of carbonyl (C=O) groups is 4. The summed E-state index contributed by atoms with van der Waals surface area (Å²) >= 11 is 10.3. The molecular formula is C35H66N4O20P2S2. The quantitative estimate of drug-likeness (QED) is 0.0237. The highest BCUT2D eigenvalue weighted by Gasteiger charge is 2.46. The van der Waals surface area contributed by atoms with Crippen LogP contribution >= 0.6 is 13.0 Å². The zero-order valence-electron chi connectivity index (χ0n) is 35.2. The first-order chi connectivity index (χ1) is 29.7. The maximum atomic E-state index is 12.4. The topological polar surface area (TPSA) is 374 Å². The number of nitrogens with one attached hydrogen (secondary N) is 4. The van der Waals surface area contributed by atoms with Crippen molar-refractivity contribution >= 4 is 60.2 Å². The summed E-state index contributed by atoms with van der Waals surface area (Å²) in [6.07, 6.45) is -8.83. The van der Waals surface area contributed by atoms with Gasteiger partial charge in [0.05, 0.1) is 32.3 Å². The van der Waals surface area contributed by atoms with Crippen LogP contribution in [0.15, 0.2) is 0 Å². The van der Waals surface area contributed by atoms with Crippen LogP contribution in [0, 0.1) is 11.8 Å². The van der Waals surface area contributed by atoms with E-state index in [-0.39, 0.29) is 64.2 Å². The van der Waals surface area contributed by atoms with Gasteiger partial charge in [-0.05, 0) is 49.3 Å². The highest BCUT2D eigenvalue weighted by molar-refractivity contribution is 8.18. The molecule has 2 saturated heterocycles. The molecule has 14 atom stereocenters. The van der Waals surface area contributed by atoms with E-state index in [0.29, 0.717) is 25.7 Å². The first-order valence-corrected chi connectivity index (χ1v) is 26.1. The van der Waals surface area contributed by atoms with Gasteiger partial charge in [-0.25, -0.2) is 0 Å². The molecule has 2 fully saturated rings. The molecule has 0 aromatic carbocycles. The predicted molar refractivity (Wildman–Crippen MR) is 227 cm³/mol. The second-order valence-electron chi connectivity index (χ2n) is 15.2. The molecule has 14 N–H and O–H groups in total. The van der Waals surface area contributed by atoms with Gasteiger partial charge in [0.1, 0.15) is 48.7 Å². The fourth-order valence-electron chi connectivity index (χ4n) is 6.20. The van der Waals surface area contributed by atoms with Crippen molar-refractivity contribution < 1.29 is 97.8 Å². The normalized spacial score (nSPS) is 29.1. The number of hydrogen-bond acceptors (Lipinski definition) is 20. The minimum absolute atomic E-state index is 0.0436. The molecule has 0 bridgehead atoms. The van der Waals surface area contributed by atoms with Crippen LogP contribution in [0.5, 0.6) is 0 Å². The van der Waals surface area contributed by atoms with E-state index in [0.717, 1.165) is 0 Å². The van der Waals surface area contributed by atoms with E-state index < -0.39 is 130 Å². The third kappa shape index (κ3) is 21.4. The lowest BCUT2D eigenvalue weighted by molar-refractivity contribution is -0.270. The molecule has 0 aliphatic carbocycles. The number of amides is 4. The molecule has 24 nitrogen and oxygen atoms in total. The summed E-state index contributed by atoms with van der Waals surface area (Å²) in [6, 6.07) is -2.18. The van der Waals surface area contributed by atoms with E-state index in [4.69, 9.17) is 51.6 Å². The van der Waals surface area contributed by atoms with Gasteiger partial charge in [0.25, 0.3) is 0 Å². The maximum Gasteiger partial charge on any atom is 0.220 e. The molecule has 0 radical (unpaired) electrons. The van der Waals surface area contributed by atoms with Crippen molar-refractivity contribution in [3.63, 3.8) is 0 Å². The lowest BCUT2D eigenvalue weighted by Gasteiger charge is -2.42. The van der Waals surface area contributed by atoms with Gasteiger partial charge in [-0.3, -0.25) is 19.2 Å². The van der Waals surface area contributed by atoms with Crippen LogP contribution in [0.1, 0.15) is 52.4 Å². The number of ether oxygens (including phenoxy) is 4. The summed E-state index contributed by atoms with van der Waals surface area (Å²) < 4.78 is 33.1. The molecule has 28 heteroatoms. The predicted octanol–water partition coefficient (Wildman–Crippen LogP) is -4.71. The first kappa shape index (κ1) is 57.7. The van der Waals surface area contributed by atoms with Crippen LogP contribution in [-0.2, 0) is 70.8 Å². The van der Waals surface area contributed by atoms with Gasteiger partial charge in [0.2, 0.25) is 23.6 Å². The molecule has 0 aromatic heterocycles. The molecule has 2 aliphatic heterocycles. The van der Waals surface area contributed by atoms with Gasteiger partial charge in [0, 0.05) is 78.0 Å². The molecule has 2 heterocycles. The zero-order valence-corrected chi connectivity index (χ0v) is 38.6. The van der Waals surface area contributed by atoms with E-state index in [1.54, 1.807) is 0 Å². The minimum atomic E-state index is -3.75. The molecule has 0 spiro atoms. The van der Waals surface area contributed by atoms with Gasteiger partial charge in [-0.2, -0.15) is 0 Å². The van der Waals surface area contributed by atoms with E-state index >= 15 is 0 Å². The Morgan fingerprint density at radius 3 is 1.30 bits per heavy atom. The lowest BCUT2D eigenvalue weighted by atomic mass is 9.97. The molecule has 4 amide bonds. The van der Waals surface area contributed by atoms with Gasteiger partial charge >= 0.3 is 0 Å². The van der Waals surface area contributed by atoms with Crippen LogP contribution in [0.25, 0.3) is 0 Å². The SMILES string of the molecule is CC(=O)NC1[C@H](OCCCCC(=O)NCC(CO)COP(O)(=S)CP(O)(=S)OCC(CO)CNC(=O)CCCCO[C@@H]2OC(CO)[C@H](O)[C@H](O)C2NC(C)=O)OC(CO)[C@H](O)[C@@H]1O. The van der Waals surface area contributed by atoms with Crippen molar-refractivity contribution in [2.75, 3.05) is 71.8 Å². The first-order valence-electron chi connectivity index (χ1n) is 20.4. The lowest BCUT2D eigenvalue weighted by Crippen LogP contribution is -2.64. The molecular weight excluding hydrogens is 922 g/mol. The van der Waals surface area contributed by atoms with Crippen molar-refractivity contribution in [2.45, 2.75) is 114 Å². The van der Waals surface area contributed by atoms with Gasteiger partial charge in [0.15, 0.2) is 25.6 Å². The average molecular weight is 989 g/mol. The molecule has 63 heavy (non-hydrogen) atoms. The van der Waals surface area contributed by atoms with Crippen molar-refractivity contribution in [2.24, 2.45) is 11.8 Å². The third-order valence-corrected chi connectivity index (χ3v) is 16.4. The van der Waals surface area contributed by atoms with E-state index in [1.807, 2.05) is 0 Å². The summed E-state index contributed by atoms with van der Waals surface area (Å²) in [4.78, 5) is 69.5. The summed E-state index contributed by atoms with van der Waals surface area (Å²) in [5, 5.41) is 89.6. The minimum Gasteiger partial charge on any atom is -0.396 e. The largest absolute Gasteiger partial charge is 0.396 e. The highest BCUT2D eigenvalue weighted by Crippen LogP contribution is 2.59. The van der Waals surface area contributed by atoms with E-state index in [2.05, 4.69) is 21.3 Å². The van der Waals surface area contributed by atoms with Crippen molar-refractivity contribution in [3.8, 4) is 0 Å². The molecule has 8 unspecified atom stereocenters. The number of rotatable bonds is 30. The van der Waals surface area contributed by atoms with Gasteiger partial charge < -0.3 is 99.9 Å². The average Bonchev–Trinajstić information content (AvgIpc) is 3.21. The summed E-state index contributed by atoms with van der Waals surface area (Å²) in [6.45, 7) is -7.72. The van der Waals surface area contributed by atoms with Crippen LogP contribution in [-0.4, -0.2) is 207 Å². The molecule has 2 rings (SSSR count). The molecule has 368 valence electrons. The fourth-order valence-corrected chi connectivity index (χ4v) is 13.4. The maximum absolute atomic E-state index is 12.4. The molecule has 0 aromatic rings. The second-order valence-corrected chi connectivity index (χ2v) is 22.9. The Morgan fingerprint density at radius 1 is 0.619 bits per heavy atom. The second kappa shape index (κ2) is 29.3. The third-order valence-electron chi connectivity index (χ3n) is 9.74. The van der Waals surface area contributed by atoms with Crippen molar-refractivity contribution in [1.82, 2.24) is 21.3 Å². The monoisotopic (exact) mass is 988 g/mol. The van der Waals surface area contributed by atoms with Crippen LogP contribution < -0.4 is 21.3 Å². The summed E-state index contributed by atoms with van der Waals surface area (Å²) in [7, 11) is 0. The Labute approximate surface area is 375 Å². The van der Waals surface area contributed by atoms with Crippen LogP contribution in [0.4, 0.5) is 0 Å². The van der Waals surface area contributed by atoms with Gasteiger partial charge in [-0.1, -0.05) is 0 Å². The van der Waals surface area contributed by atoms with Crippen molar-refractivity contribution in [3.05, 3.63) is 0 Å². The van der Waals surface area contributed by atoms with Crippen LogP contribution in [0.2, 0.25) is 0 Å². The van der Waals surface area contributed by atoms with Crippen LogP contribution in [0.3, 0.4) is 0 Å². The Hall–Kier alpha value is -1.46. The van der Waals surface area contributed by atoms with E-state index in [1.165, 1.54) is 13.8 Å². The Morgan fingerprint density at radius 2 is 0.984 bits per heavy atom. The van der Waals surface area contributed by atoms with E-state index in [9.17, 15) is 69.8 Å². The smallest absolute Gasteiger partial charge is 0.220 e. The molecule has 2 aliphatic rings. The summed E-state index contributed by atoms with van der Waals surface area (Å²) in [5.74, 6) is -3.70. The summed E-state index contributed by atoms with van der Waals surface area (Å²) in [5.41, 5.74) is 0. The zero-order chi connectivity index (χ0) is 47.3. The number of unbranched alkanes of at least 4 members (excludes halogenated alkanes) is 2. The number of aliphatic hydroxyl groups is 8. The molecule has 0 saturated carbocycles. The number of carbonyl (C=O) groups excluding carboxylic acids is 4. The Balaban J connectivity index is 1.67. The Bertz CT molecular complexity index is 1410. The fraction of sp³-hybridized carbons (Fsp3) is 0.886. The highest BCUT2D eigenvalue weighted by atomic mass is 32.5. The standard InChI is InChI=1S/C35H66N4O20P2S2/c1-20(44)38-28-32(50)30(48)24(15-42)58-34(28)54-9-5-3-7-26(46)36-11-22(13-40)17-56-60(52,62)19-61(53,63)57-18-23(14-41)12-37-27(47)8-4-6-10-55-35-29(39-21(2)45)33(51)31(49)25(16-43)59-35/h22-25,28-35,40-43,48-51H,3-19H2,1-2H3,(H,36,46)(H,37,47)(H,38,44)(H,39,45)(H,52,62)(H,53,63)/t22?,23?,24?,25?,28?,29?,30-,31-,32+,33+,34+,35+,60?,61?/m0/s1. The number of hydrogen-bond donors (Lipinski definition) is 14. The number of aliphatic hydroxyl groups excluding tert-OH is 8. The van der Waals surface area contributed by atoms with Crippen molar-refractivity contribution in [1.29, 1.82) is 0 Å². The Kier molecular flexibility index (Phi) is 26.8. The van der Waals surface area contributed by atoms with Gasteiger partial charge in [-0.15, -0.1) is 0 Å².